The highest BCUT2D eigenvalue weighted by molar-refractivity contribution is 4.72. The number of hydrogen-bond donors (Lipinski definition) is 2. The number of nitrogens with one attached hydrogen (secondary N) is 2. The third kappa shape index (κ3) is 29.2. The smallest absolute Gasteiger partial charge is 0.00988 e. The molecule has 0 atom stereocenters. The first kappa shape index (κ1) is 21.2. The maximum Gasteiger partial charge on any atom is 0.00988 e. The highest BCUT2D eigenvalue weighted by Gasteiger charge is 2.08. The van der Waals surface area contributed by atoms with Crippen molar-refractivity contribution in [2.45, 2.75) is 93.4 Å². The van der Waals surface area contributed by atoms with Crippen LogP contribution < -0.4 is 10.6 Å². The number of hydrogen-bond acceptors (Lipinski definition) is 2. The van der Waals surface area contributed by atoms with Crippen LogP contribution in [-0.2, 0) is 0 Å². The number of rotatable bonds is 3. The summed E-state index contributed by atoms with van der Waals surface area (Å²) in [4.78, 5) is 0. The van der Waals surface area contributed by atoms with Gasteiger partial charge in [0, 0.05) is 23.7 Å². The molecule has 0 aromatic carbocycles. The van der Waals surface area contributed by atoms with Crippen LogP contribution in [0.15, 0.2) is 0 Å². The van der Waals surface area contributed by atoms with Crippen molar-refractivity contribution < 1.29 is 0 Å². The largest absolute Gasteiger partial charge is 0.312 e. The molecular weight excluding hydrogens is 196 g/mol. The molecule has 2 heteroatoms. The minimum atomic E-state index is 0. The molecule has 0 aromatic rings. The maximum absolute atomic E-state index is 3.38. The lowest BCUT2D eigenvalue weighted by Crippen LogP contribution is -2.40. The summed E-state index contributed by atoms with van der Waals surface area (Å²) in [6.07, 6.45) is 0. The second kappa shape index (κ2) is 10.1. The molecule has 0 aliphatic carbocycles. The van der Waals surface area contributed by atoms with Crippen molar-refractivity contribution in [3.05, 3.63) is 0 Å². The molecule has 0 aliphatic heterocycles. The minimum absolute atomic E-state index is 0. The van der Waals surface area contributed by atoms with E-state index in [0.29, 0.717) is 18.1 Å². The Hall–Kier alpha value is -0.0800. The molecule has 0 amide bonds. The van der Waals surface area contributed by atoms with E-state index in [2.05, 4.69) is 72.9 Å². The zero-order chi connectivity index (χ0) is 12.6. The topological polar surface area (TPSA) is 24.1 Å². The van der Waals surface area contributed by atoms with Gasteiger partial charge in [-0.2, -0.15) is 0 Å². The molecule has 2 N–H and O–H groups in total. The molecule has 0 aliphatic rings. The van der Waals surface area contributed by atoms with Gasteiger partial charge in [-0.1, -0.05) is 49.0 Å². The Bertz CT molecular complexity index is 126. The van der Waals surface area contributed by atoms with E-state index in [1.54, 1.807) is 0 Å². The highest BCUT2D eigenvalue weighted by atomic mass is 15.0. The first-order valence-corrected chi connectivity index (χ1v) is 6.08. The van der Waals surface area contributed by atoms with E-state index in [1.807, 2.05) is 0 Å². The zero-order valence-electron chi connectivity index (χ0n) is 12.2. The van der Waals surface area contributed by atoms with Gasteiger partial charge in [-0.15, -0.1) is 0 Å². The van der Waals surface area contributed by atoms with Crippen LogP contribution in [0.5, 0.6) is 0 Å². The van der Waals surface area contributed by atoms with E-state index in [4.69, 9.17) is 0 Å². The fourth-order valence-corrected chi connectivity index (χ4v) is 1.53. The standard InChI is InChI=1S/C7H17N.C6H15N.CH4/c1-6(2)8-7(3,4)5;1-5(2)7-6(3)4;/h6,8H,1-5H3;5-7H,1-4H3;1H4. The van der Waals surface area contributed by atoms with Gasteiger partial charge >= 0.3 is 0 Å². The SMILES string of the molecule is C.CC(C)NC(C)(C)C.CC(C)NC(C)C. The van der Waals surface area contributed by atoms with Crippen LogP contribution in [0, 0.1) is 0 Å². The van der Waals surface area contributed by atoms with Crippen molar-refractivity contribution in [1.82, 2.24) is 10.6 Å². The van der Waals surface area contributed by atoms with Crippen LogP contribution in [0.4, 0.5) is 0 Å². The first-order valence-electron chi connectivity index (χ1n) is 6.08. The quantitative estimate of drug-likeness (QED) is 0.773. The van der Waals surface area contributed by atoms with Gasteiger partial charge in [0.25, 0.3) is 0 Å². The van der Waals surface area contributed by atoms with Gasteiger partial charge in [0.1, 0.15) is 0 Å². The molecule has 0 fully saturated rings. The summed E-state index contributed by atoms with van der Waals surface area (Å²) in [7, 11) is 0. The predicted octanol–water partition coefficient (Wildman–Crippen LogP) is 3.81. The van der Waals surface area contributed by atoms with Crippen molar-refractivity contribution in [3.63, 3.8) is 0 Å². The Morgan fingerprint density at radius 1 is 0.688 bits per heavy atom. The third-order valence-electron chi connectivity index (χ3n) is 1.39. The van der Waals surface area contributed by atoms with E-state index in [-0.39, 0.29) is 13.0 Å². The Kier molecular flexibility index (Phi) is 13.4. The molecular formula is C14H36N2. The van der Waals surface area contributed by atoms with Gasteiger partial charge < -0.3 is 10.6 Å². The van der Waals surface area contributed by atoms with E-state index < -0.39 is 0 Å². The van der Waals surface area contributed by atoms with Crippen LogP contribution in [0.2, 0.25) is 0 Å². The van der Waals surface area contributed by atoms with E-state index in [1.165, 1.54) is 0 Å². The zero-order valence-corrected chi connectivity index (χ0v) is 12.2. The van der Waals surface area contributed by atoms with Gasteiger partial charge in [-0.3, -0.25) is 0 Å². The molecule has 16 heavy (non-hydrogen) atoms. The third-order valence-corrected chi connectivity index (χ3v) is 1.39. The summed E-state index contributed by atoms with van der Waals surface area (Å²) in [5, 5.41) is 6.69. The van der Waals surface area contributed by atoms with Gasteiger partial charge in [-0.05, 0) is 20.8 Å². The normalized spacial score (nSPS) is 11.2. The lowest BCUT2D eigenvalue weighted by atomic mass is 10.1. The monoisotopic (exact) mass is 232 g/mol. The molecule has 0 heterocycles. The Balaban J connectivity index is -0.000000200. The van der Waals surface area contributed by atoms with Gasteiger partial charge in [0.15, 0.2) is 0 Å². The Labute approximate surface area is 105 Å². The summed E-state index contributed by atoms with van der Waals surface area (Å²) >= 11 is 0. The minimum Gasteiger partial charge on any atom is -0.312 e. The molecule has 2 nitrogen and oxygen atoms in total. The molecule has 0 aromatic heterocycles. The van der Waals surface area contributed by atoms with Crippen molar-refractivity contribution in [3.8, 4) is 0 Å². The van der Waals surface area contributed by atoms with Gasteiger partial charge in [-0.25, -0.2) is 0 Å². The van der Waals surface area contributed by atoms with Crippen LogP contribution in [0.3, 0.4) is 0 Å². The first-order chi connectivity index (χ1) is 6.54. The summed E-state index contributed by atoms with van der Waals surface area (Å²) < 4.78 is 0. The fraction of sp³-hybridized carbons (Fsp3) is 1.00. The van der Waals surface area contributed by atoms with Crippen LogP contribution in [0.1, 0.15) is 69.7 Å². The van der Waals surface area contributed by atoms with Gasteiger partial charge in [0.2, 0.25) is 0 Å². The van der Waals surface area contributed by atoms with Crippen LogP contribution >= 0.6 is 0 Å². The second-order valence-corrected chi connectivity index (χ2v) is 6.03. The highest BCUT2D eigenvalue weighted by Crippen LogP contribution is 1.99. The summed E-state index contributed by atoms with van der Waals surface area (Å²) in [6.45, 7) is 19.4. The molecule has 0 radical (unpaired) electrons. The average Bonchev–Trinajstić information content (AvgIpc) is 1.76. The van der Waals surface area contributed by atoms with Crippen molar-refractivity contribution in [2.75, 3.05) is 0 Å². The van der Waals surface area contributed by atoms with Crippen molar-refractivity contribution in [1.29, 1.82) is 0 Å². The van der Waals surface area contributed by atoms with Crippen LogP contribution in [-0.4, -0.2) is 23.7 Å². The average molecular weight is 232 g/mol. The second-order valence-electron chi connectivity index (χ2n) is 6.03. The molecule has 0 unspecified atom stereocenters. The van der Waals surface area contributed by atoms with Crippen molar-refractivity contribution >= 4 is 0 Å². The van der Waals surface area contributed by atoms with Gasteiger partial charge in [0.05, 0.1) is 0 Å². The lowest BCUT2D eigenvalue weighted by molar-refractivity contribution is 0.386. The van der Waals surface area contributed by atoms with E-state index in [0.717, 1.165) is 0 Å². The fourth-order valence-electron chi connectivity index (χ4n) is 1.53. The van der Waals surface area contributed by atoms with E-state index in [9.17, 15) is 0 Å². The Morgan fingerprint density at radius 3 is 1.00 bits per heavy atom. The molecule has 102 valence electrons. The molecule has 0 spiro atoms. The summed E-state index contributed by atoms with van der Waals surface area (Å²) in [6, 6.07) is 1.84. The van der Waals surface area contributed by atoms with Crippen molar-refractivity contribution in [2.24, 2.45) is 0 Å². The lowest BCUT2D eigenvalue weighted by Gasteiger charge is -2.23. The predicted molar refractivity (Wildman–Crippen MR) is 78.2 cm³/mol. The molecule has 0 saturated heterocycles. The van der Waals surface area contributed by atoms with Crippen LogP contribution in [0.25, 0.3) is 0 Å². The Morgan fingerprint density at radius 2 is 1.00 bits per heavy atom. The molecule has 0 rings (SSSR count). The summed E-state index contributed by atoms with van der Waals surface area (Å²) in [5.74, 6) is 0. The maximum atomic E-state index is 3.38. The molecule has 0 saturated carbocycles. The molecule has 0 bridgehead atoms. The van der Waals surface area contributed by atoms with E-state index >= 15 is 0 Å². The summed E-state index contributed by atoms with van der Waals surface area (Å²) in [5.41, 5.74) is 0.272.